The van der Waals surface area contributed by atoms with E-state index in [1.807, 2.05) is 55.5 Å². The maximum Gasteiger partial charge on any atom is 0.243 e. The number of halogens is 1. The minimum atomic E-state index is -0.148. The highest BCUT2D eigenvalue weighted by molar-refractivity contribution is 6.31. The van der Waals surface area contributed by atoms with Gasteiger partial charge in [0.25, 0.3) is 0 Å². The molecule has 0 spiro atoms. The Morgan fingerprint density at radius 1 is 1.17 bits per heavy atom. The van der Waals surface area contributed by atoms with Crippen LogP contribution in [0.5, 0.6) is 0 Å². The largest absolute Gasteiger partial charge is 0.399 e. The Labute approximate surface area is 139 Å². The second-order valence-corrected chi connectivity index (χ2v) is 5.86. The van der Waals surface area contributed by atoms with Crippen molar-refractivity contribution in [1.29, 1.82) is 0 Å². The Bertz CT molecular complexity index is 838. The van der Waals surface area contributed by atoms with Gasteiger partial charge in [0.1, 0.15) is 0 Å². The summed E-state index contributed by atoms with van der Waals surface area (Å²) in [4.78, 5) is 11.9. The molecule has 0 bridgehead atoms. The number of allylic oxidation sites excluding steroid dienone is 1. The van der Waals surface area contributed by atoms with Gasteiger partial charge in [0.2, 0.25) is 5.91 Å². The van der Waals surface area contributed by atoms with E-state index in [1.165, 1.54) is 11.9 Å². The first kappa shape index (κ1) is 15.3. The Morgan fingerprint density at radius 2 is 1.87 bits per heavy atom. The van der Waals surface area contributed by atoms with Crippen LogP contribution in [0.4, 0.5) is 5.69 Å². The van der Waals surface area contributed by atoms with Crippen molar-refractivity contribution in [2.75, 3.05) is 5.73 Å². The van der Waals surface area contributed by atoms with Gasteiger partial charge in [-0.15, -0.1) is 0 Å². The van der Waals surface area contributed by atoms with Gasteiger partial charge in [-0.3, -0.25) is 4.79 Å². The molecule has 1 aliphatic rings. The van der Waals surface area contributed by atoms with Crippen LogP contribution in [0, 0.1) is 0 Å². The van der Waals surface area contributed by atoms with E-state index in [4.69, 9.17) is 17.3 Å². The first-order chi connectivity index (χ1) is 11.0. The molecule has 0 unspecified atom stereocenters. The molecule has 1 heterocycles. The van der Waals surface area contributed by atoms with E-state index in [-0.39, 0.29) is 5.91 Å². The highest BCUT2D eigenvalue weighted by Crippen LogP contribution is 2.27. The summed E-state index contributed by atoms with van der Waals surface area (Å²) in [5.41, 5.74) is 10.6. The lowest BCUT2D eigenvalue weighted by Crippen LogP contribution is -2.22. The molecule has 4 nitrogen and oxygen atoms in total. The number of amides is 1. The molecular formula is C18H16ClN3O. The van der Waals surface area contributed by atoms with E-state index in [9.17, 15) is 4.79 Å². The summed E-state index contributed by atoms with van der Waals surface area (Å²) in [7, 11) is 0. The lowest BCUT2D eigenvalue weighted by Gasteiger charge is -2.16. The van der Waals surface area contributed by atoms with Crippen LogP contribution in [-0.4, -0.2) is 16.6 Å². The third-order valence-corrected chi connectivity index (χ3v) is 3.89. The molecule has 0 fully saturated rings. The number of carbonyl (C=O) groups excluding carboxylic acids is 1. The Kier molecular flexibility index (Phi) is 3.92. The standard InChI is InChI=1S/C18H16ClN3O/c1-11-9-14-3-6-15(19)10-17(14)18(21-22(11)12(2)23)13-4-7-16(20)8-5-13/h3-10H,20H2,1-2H3. The van der Waals surface area contributed by atoms with Crippen molar-refractivity contribution < 1.29 is 4.79 Å². The number of rotatable bonds is 1. The summed E-state index contributed by atoms with van der Waals surface area (Å²) < 4.78 is 0. The summed E-state index contributed by atoms with van der Waals surface area (Å²) in [6, 6.07) is 13.0. The maximum atomic E-state index is 11.9. The summed E-state index contributed by atoms with van der Waals surface area (Å²) in [6.07, 6.45) is 1.93. The topological polar surface area (TPSA) is 58.7 Å². The van der Waals surface area contributed by atoms with Crippen LogP contribution >= 0.6 is 11.6 Å². The predicted molar refractivity (Wildman–Crippen MR) is 94.1 cm³/mol. The van der Waals surface area contributed by atoms with E-state index >= 15 is 0 Å². The fourth-order valence-corrected chi connectivity index (χ4v) is 2.72. The number of fused-ring (bicyclic) bond motifs is 1. The van der Waals surface area contributed by atoms with Crippen molar-refractivity contribution in [2.24, 2.45) is 5.10 Å². The number of nitrogens with zero attached hydrogens (tertiary/aromatic N) is 2. The Balaban J connectivity index is 2.26. The third kappa shape index (κ3) is 2.98. The zero-order valence-electron chi connectivity index (χ0n) is 12.9. The smallest absolute Gasteiger partial charge is 0.243 e. The zero-order valence-corrected chi connectivity index (χ0v) is 13.6. The normalized spacial score (nSPS) is 13.8. The van der Waals surface area contributed by atoms with Gasteiger partial charge in [0.05, 0.1) is 5.71 Å². The lowest BCUT2D eigenvalue weighted by molar-refractivity contribution is -0.126. The fourth-order valence-electron chi connectivity index (χ4n) is 2.55. The van der Waals surface area contributed by atoms with Gasteiger partial charge in [-0.25, -0.2) is 5.01 Å². The molecule has 0 atom stereocenters. The summed E-state index contributed by atoms with van der Waals surface area (Å²) in [5.74, 6) is -0.148. The molecule has 1 amide bonds. The molecule has 116 valence electrons. The minimum absolute atomic E-state index is 0.148. The third-order valence-electron chi connectivity index (χ3n) is 3.65. The second-order valence-electron chi connectivity index (χ2n) is 5.42. The van der Waals surface area contributed by atoms with Crippen LogP contribution < -0.4 is 5.73 Å². The maximum absolute atomic E-state index is 11.9. The van der Waals surface area contributed by atoms with Crippen LogP contribution in [0.2, 0.25) is 5.02 Å². The molecule has 23 heavy (non-hydrogen) atoms. The van der Waals surface area contributed by atoms with Crippen molar-refractivity contribution in [1.82, 2.24) is 5.01 Å². The SMILES string of the molecule is CC(=O)N1N=C(c2ccc(N)cc2)c2cc(Cl)ccc2C=C1C. The number of nitrogens with two attached hydrogens (primary N) is 1. The number of nitrogen functional groups attached to an aromatic ring is 1. The van der Waals surface area contributed by atoms with Crippen LogP contribution in [0.3, 0.4) is 0 Å². The molecule has 0 aromatic heterocycles. The van der Waals surface area contributed by atoms with Crippen molar-refractivity contribution in [3.8, 4) is 0 Å². The van der Waals surface area contributed by atoms with Crippen molar-refractivity contribution >= 4 is 35.0 Å². The first-order valence-corrected chi connectivity index (χ1v) is 7.57. The monoisotopic (exact) mass is 325 g/mol. The second kappa shape index (κ2) is 5.89. The van der Waals surface area contributed by atoms with Gasteiger partial charge in [0.15, 0.2) is 0 Å². The van der Waals surface area contributed by atoms with E-state index < -0.39 is 0 Å². The van der Waals surface area contributed by atoms with Crippen LogP contribution in [0.25, 0.3) is 6.08 Å². The number of benzene rings is 2. The van der Waals surface area contributed by atoms with Gasteiger partial charge in [-0.05, 0) is 42.8 Å². The van der Waals surface area contributed by atoms with E-state index in [0.29, 0.717) is 16.4 Å². The van der Waals surface area contributed by atoms with Gasteiger partial charge in [0, 0.05) is 34.5 Å². The molecule has 3 rings (SSSR count). The molecule has 0 radical (unpaired) electrons. The molecule has 5 heteroatoms. The number of hydrazone groups is 1. The molecule has 0 aliphatic carbocycles. The lowest BCUT2D eigenvalue weighted by atomic mass is 9.97. The van der Waals surface area contributed by atoms with E-state index in [1.54, 1.807) is 0 Å². The minimum Gasteiger partial charge on any atom is -0.399 e. The highest BCUT2D eigenvalue weighted by Gasteiger charge is 2.20. The summed E-state index contributed by atoms with van der Waals surface area (Å²) in [5, 5.41) is 6.59. The highest BCUT2D eigenvalue weighted by atomic mass is 35.5. The van der Waals surface area contributed by atoms with Gasteiger partial charge in [-0.2, -0.15) is 5.10 Å². The van der Waals surface area contributed by atoms with Crippen LogP contribution in [0.15, 0.2) is 53.3 Å². The summed E-state index contributed by atoms with van der Waals surface area (Å²) >= 11 is 6.17. The molecule has 0 saturated carbocycles. The Morgan fingerprint density at radius 3 is 2.52 bits per heavy atom. The molecule has 2 N–H and O–H groups in total. The molecular weight excluding hydrogens is 310 g/mol. The number of anilines is 1. The van der Waals surface area contributed by atoms with E-state index in [2.05, 4.69) is 5.10 Å². The number of hydrogen-bond acceptors (Lipinski definition) is 3. The van der Waals surface area contributed by atoms with Crippen molar-refractivity contribution in [2.45, 2.75) is 13.8 Å². The van der Waals surface area contributed by atoms with Crippen LogP contribution in [-0.2, 0) is 4.79 Å². The quantitative estimate of drug-likeness (QED) is 0.808. The van der Waals surface area contributed by atoms with Crippen LogP contribution in [0.1, 0.15) is 30.5 Å². The van der Waals surface area contributed by atoms with Gasteiger partial charge >= 0.3 is 0 Å². The first-order valence-electron chi connectivity index (χ1n) is 7.19. The number of hydrogen-bond donors (Lipinski definition) is 1. The van der Waals surface area contributed by atoms with Gasteiger partial charge in [-0.1, -0.05) is 29.8 Å². The summed E-state index contributed by atoms with van der Waals surface area (Å²) in [6.45, 7) is 3.35. The van der Waals surface area contributed by atoms with Gasteiger partial charge < -0.3 is 5.73 Å². The zero-order chi connectivity index (χ0) is 16.6. The van der Waals surface area contributed by atoms with E-state index in [0.717, 1.165) is 22.4 Å². The molecule has 1 aliphatic heterocycles. The fraction of sp³-hybridized carbons (Fsp3) is 0.111. The number of carbonyl (C=O) groups is 1. The van der Waals surface area contributed by atoms with Crippen molar-refractivity contribution in [3.63, 3.8) is 0 Å². The average Bonchev–Trinajstić information content (AvgIpc) is 2.64. The predicted octanol–water partition coefficient (Wildman–Crippen LogP) is 3.90. The average molecular weight is 326 g/mol. The Hall–Kier alpha value is -2.59. The molecule has 2 aromatic carbocycles. The molecule has 2 aromatic rings. The molecule has 0 saturated heterocycles. The van der Waals surface area contributed by atoms with Crippen molar-refractivity contribution in [3.05, 3.63) is 69.9 Å².